The third-order valence-electron chi connectivity index (χ3n) is 6.37. The lowest BCUT2D eigenvalue weighted by Crippen LogP contribution is -2.29. The Morgan fingerprint density at radius 3 is 2.36 bits per heavy atom. The van der Waals surface area contributed by atoms with Gasteiger partial charge in [-0.25, -0.2) is 9.78 Å². The molecule has 2 aromatic carbocycles. The van der Waals surface area contributed by atoms with Crippen molar-refractivity contribution in [2.45, 2.75) is 46.6 Å². The number of aliphatic hydroxyl groups is 1. The van der Waals surface area contributed by atoms with Gasteiger partial charge in [-0.3, -0.25) is 14.5 Å². The number of carbonyl (C=O) groups excluding carboxylic acids is 3. The summed E-state index contributed by atoms with van der Waals surface area (Å²) in [6.07, 6.45) is 0. The Bertz CT molecular complexity index is 1400. The van der Waals surface area contributed by atoms with Gasteiger partial charge in [0.15, 0.2) is 5.13 Å². The normalized spacial score (nSPS) is 17.2. The molecule has 0 radical (unpaired) electrons. The monoisotopic (exact) mass is 504 g/mol. The summed E-state index contributed by atoms with van der Waals surface area (Å²) in [5, 5.41) is 11.6. The van der Waals surface area contributed by atoms with Gasteiger partial charge in [-0.2, -0.15) is 0 Å². The van der Waals surface area contributed by atoms with E-state index in [2.05, 4.69) is 18.8 Å². The molecule has 1 amide bonds. The maximum absolute atomic E-state index is 13.4. The number of rotatable bonds is 5. The number of carbonyl (C=O) groups is 3. The molecule has 1 aromatic heterocycles. The molecule has 0 spiro atoms. The number of amides is 1. The fraction of sp³-hybridized carbons (Fsp3) is 0.286. The maximum atomic E-state index is 13.4. The molecule has 1 saturated heterocycles. The number of benzene rings is 2. The molecule has 0 aliphatic carbocycles. The van der Waals surface area contributed by atoms with Crippen LogP contribution in [0.2, 0.25) is 0 Å². The first-order chi connectivity index (χ1) is 17.0. The van der Waals surface area contributed by atoms with Gasteiger partial charge in [0.2, 0.25) is 0 Å². The first kappa shape index (κ1) is 25.3. The summed E-state index contributed by atoms with van der Waals surface area (Å²) in [5.74, 6) is -2.13. The van der Waals surface area contributed by atoms with E-state index in [1.165, 1.54) is 12.0 Å². The van der Waals surface area contributed by atoms with Crippen molar-refractivity contribution in [3.05, 3.63) is 86.4 Å². The Morgan fingerprint density at radius 1 is 1.08 bits per heavy atom. The summed E-state index contributed by atoms with van der Waals surface area (Å²) in [5.41, 5.74) is 4.30. The summed E-state index contributed by atoms with van der Waals surface area (Å²) in [6, 6.07) is 12.3. The molecule has 1 aliphatic heterocycles. The van der Waals surface area contributed by atoms with Crippen LogP contribution < -0.4 is 4.90 Å². The van der Waals surface area contributed by atoms with Gasteiger partial charge < -0.3 is 9.84 Å². The lowest BCUT2D eigenvalue weighted by atomic mass is 9.92. The average Bonchev–Trinajstić information content (AvgIpc) is 3.36. The fourth-order valence-corrected chi connectivity index (χ4v) is 5.32. The molecule has 3 aromatic rings. The van der Waals surface area contributed by atoms with Gasteiger partial charge in [0.05, 0.1) is 24.4 Å². The predicted molar refractivity (Wildman–Crippen MR) is 139 cm³/mol. The molecule has 1 aliphatic rings. The van der Waals surface area contributed by atoms with Crippen LogP contribution in [0.25, 0.3) is 5.76 Å². The zero-order chi connectivity index (χ0) is 26.3. The summed E-state index contributed by atoms with van der Waals surface area (Å²) >= 11 is 0.980. The second-order valence-corrected chi connectivity index (χ2v) is 10.2. The third kappa shape index (κ3) is 4.33. The van der Waals surface area contributed by atoms with Crippen molar-refractivity contribution in [1.82, 2.24) is 4.98 Å². The number of hydrogen-bond donors (Lipinski definition) is 1. The van der Waals surface area contributed by atoms with E-state index < -0.39 is 23.7 Å². The molecule has 186 valence electrons. The van der Waals surface area contributed by atoms with E-state index in [1.807, 2.05) is 50.2 Å². The van der Waals surface area contributed by atoms with Crippen molar-refractivity contribution in [1.29, 1.82) is 0 Å². The van der Waals surface area contributed by atoms with E-state index in [0.29, 0.717) is 22.7 Å². The highest BCUT2D eigenvalue weighted by molar-refractivity contribution is 7.17. The molecular formula is C28H28N2O5S. The van der Waals surface area contributed by atoms with Crippen molar-refractivity contribution in [3.63, 3.8) is 0 Å². The van der Waals surface area contributed by atoms with Crippen LogP contribution in [0.4, 0.5) is 5.13 Å². The number of aliphatic hydroxyl groups excluding tert-OH is 1. The summed E-state index contributed by atoms with van der Waals surface area (Å²) in [6.45, 7) is 9.53. The quantitative estimate of drug-likeness (QED) is 0.210. The first-order valence-electron chi connectivity index (χ1n) is 11.6. The molecule has 4 rings (SSSR count). The lowest BCUT2D eigenvalue weighted by Gasteiger charge is -2.23. The molecule has 8 heteroatoms. The molecular weight excluding hydrogens is 476 g/mol. The molecule has 36 heavy (non-hydrogen) atoms. The minimum atomic E-state index is -0.915. The summed E-state index contributed by atoms with van der Waals surface area (Å²) in [7, 11) is 1.27. The summed E-state index contributed by atoms with van der Waals surface area (Å²) < 4.78 is 4.84. The Kier molecular flexibility index (Phi) is 6.82. The number of aryl methyl sites for hydroxylation is 3. The molecule has 0 bridgehead atoms. The molecule has 1 N–H and O–H groups in total. The highest BCUT2D eigenvalue weighted by Gasteiger charge is 2.48. The maximum Gasteiger partial charge on any atom is 0.350 e. The first-order valence-corrected chi connectivity index (χ1v) is 12.4. The Hall–Kier alpha value is -3.78. The Morgan fingerprint density at radius 2 is 1.75 bits per heavy atom. The zero-order valence-electron chi connectivity index (χ0n) is 21.1. The van der Waals surface area contributed by atoms with E-state index >= 15 is 0 Å². The smallest absolute Gasteiger partial charge is 0.350 e. The number of Topliss-reactive ketones (excluding diaryl/α,β-unsaturated/α-hetero) is 1. The van der Waals surface area contributed by atoms with E-state index in [1.54, 1.807) is 13.0 Å². The second kappa shape index (κ2) is 9.70. The van der Waals surface area contributed by atoms with E-state index in [4.69, 9.17) is 4.74 Å². The molecule has 1 atom stereocenters. The third-order valence-corrected chi connectivity index (χ3v) is 7.51. The van der Waals surface area contributed by atoms with Gasteiger partial charge in [-0.15, -0.1) is 0 Å². The van der Waals surface area contributed by atoms with Crippen LogP contribution in [0.1, 0.15) is 69.0 Å². The number of aromatic nitrogens is 1. The van der Waals surface area contributed by atoms with Gasteiger partial charge in [-0.1, -0.05) is 67.1 Å². The van der Waals surface area contributed by atoms with Crippen molar-refractivity contribution in [3.8, 4) is 0 Å². The number of nitrogens with zero attached hydrogens (tertiary/aromatic N) is 2. The molecule has 0 saturated carbocycles. The van der Waals surface area contributed by atoms with Gasteiger partial charge in [0, 0.05) is 5.56 Å². The van der Waals surface area contributed by atoms with Gasteiger partial charge >= 0.3 is 11.9 Å². The van der Waals surface area contributed by atoms with Crippen LogP contribution >= 0.6 is 11.3 Å². The van der Waals surface area contributed by atoms with Crippen LogP contribution in [0.5, 0.6) is 0 Å². The largest absolute Gasteiger partial charge is 0.507 e. The molecule has 1 unspecified atom stereocenters. The number of esters is 1. The number of ether oxygens (including phenoxy) is 1. The number of hydrogen-bond acceptors (Lipinski definition) is 7. The van der Waals surface area contributed by atoms with Crippen LogP contribution in [0.3, 0.4) is 0 Å². The van der Waals surface area contributed by atoms with E-state index in [0.717, 1.165) is 28.0 Å². The Labute approximate surface area is 214 Å². The van der Waals surface area contributed by atoms with Crippen molar-refractivity contribution in [2.75, 3.05) is 12.0 Å². The average molecular weight is 505 g/mol. The van der Waals surface area contributed by atoms with Crippen molar-refractivity contribution >= 4 is 39.9 Å². The fourth-order valence-electron chi connectivity index (χ4n) is 4.31. The standard InChI is InChI=1S/C28H28N2O5S/c1-14(2)18-9-11-19(12-10-18)22-21(23(31)20-13-15(3)7-8-16(20)4)24(32)26(33)30(22)28-29-17(5)25(36-28)27(34)35-6/h7-14,22,31H,1-6H3. The second-order valence-electron chi connectivity index (χ2n) is 9.21. The van der Waals surface area contributed by atoms with Crippen LogP contribution in [0, 0.1) is 20.8 Å². The molecule has 1 fully saturated rings. The SMILES string of the molecule is COC(=O)c1sc(N2C(=O)C(=O)C(=C(O)c3cc(C)ccc3C)C2c2ccc(C(C)C)cc2)nc1C. The minimum absolute atomic E-state index is 0.0153. The predicted octanol–water partition coefficient (Wildman–Crippen LogP) is 5.60. The zero-order valence-corrected chi connectivity index (χ0v) is 21.9. The van der Waals surface area contributed by atoms with Crippen LogP contribution in [-0.4, -0.2) is 34.9 Å². The highest BCUT2D eigenvalue weighted by atomic mass is 32.1. The number of thiazole rings is 1. The van der Waals surface area contributed by atoms with Crippen molar-refractivity contribution < 1.29 is 24.2 Å². The van der Waals surface area contributed by atoms with Gasteiger partial charge in [0.1, 0.15) is 10.6 Å². The summed E-state index contributed by atoms with van der Waals surface area (Å²) in [4.78, 5) is 45.0. The van der Waals surface area contributed by atoms with E-state index in [9.17, 15) is 19.5 Å². The topological polar surface area (TPSA) is 96.8 Å². The number of anilines is 1. The minimum Gasteiger partial charge on any atom is -0.507 e. The number of ketones is 1. The van der Waals surface area contributed by atoms with Crippen LogP contribution in [0.15, 0.2) is 48.0 Å². The van der Waals surface area contributed by atoms with Crippen molar-refractivity contribution in [2.24, 2.45) is 0 Å². The van der Waals surface area contributed by atoms with Gasteiger partial charge in [0.25, 0.3) is 5.78 Å². The lowest BCUT2D eigenvalue weighted by molar-refractivity contribution is -0.132. The van der Waals surface area contributed by atoms with E-state index in [-0.39, 0.29) is 21.3 Å². The van der Waals surface area contributed by atoms with Crippen LogP contribution in [-0.2, 0) is 14.3 Å². The van der Waals surface area contributed by atoms with Gasteiger partial charge in [-0.05, 0) is 49.4 Å². The Balaban J connectivity index is 1.96. The molecule has 7 nitrogen and oxygen atoms in total. The highest BCUT2D eigenvalue weighted by Crippen LogP contribution is 2.44. The molecule has 2 heterocycles. The number of methoxy groups -OCH3 is 1.